The zero-order valence-corrected chi connectivity index (χ0v) is 6.88. The van der Waals surface area contributed by atoms with E-state index in [-0.39, 0.29) is 10.9 Å². The van der Waals surface area contributed by atoms with Gasteiger partial charge in [-0.15, -0.1) is 0 Å². The maximum atomic E-state index is 11.0. The second-order valence-electron chi connectivity index (χ2n) is 3.27. The van der Waals surface area contributed by atoms with Crippen molar-refractivity contribution in [1.82, 2.24) is 0 Å². The van der Waals surface area contributed by atoms with Gasteiger partial charge in [-0.2, -0.15) is 0 Å². The Hall–Kier alpha value is -1.12. The predicted molar refractivity (Wildman–Crippen MR) is 47.4 cm³/mol. The molecule has 0 radical (unpaired) electrons. The molecule has 0 bridgehead atoms. The molecule has 1 saturated heterocycles. The van der Waals surface area contributed by atoms with Crippen LogP contribution < -0.4 is 15.8 Å². The van der Waals surface area contributed by atoms with Crippen LogP contribution in [-0.2, 0) is 0 Å². The van der Waals surface area contributed by atoms with Crippen LogP contribution in [0.5, 0.6) is 0 Å². The lowest BCUT2D eigenvalue weighted by Gasteiger charge is -2.28. The van der Waals surface area contributed by atoms with E-state index in [9.17, 15) is 9.59 Å². The van der Waals surface area contributed by atoms with Gasteiger partial charge in [0.2, 0.25) is 10.9 Å². The third kappa shape index (κ3) is 1.05. The quantitative estimate of drug-likeness (QED) is 0.561. The minimum Gasteiger partial charge on any atom is -0.368 e. The van der Waals surface area contributed by atoms with Crippen LogP contribution in [-0.4, -0.2) is 13.1 Å². The predicted octanol–water partition coefficient (Wildman–Crippen LogP) is 0.273. The van der Waals surface area contributed by atoms with Crippen LogP contribution in [0.3, 0.4) is 0 Å². The molecule has 0 aromatic heterocycles. The lowest BCUT2D eigenvalue weighted by Crippen LogP contribution is -2.41. The summed E-state index contributed by atoms with van der Waals surface area (Å²) in [7, 11) is 0. The van der Waals surface area contributed by atoms with Gasteiger partial charge in [0, 0.05) is 19.2 Å². The summed E-state index contributed by atoms with van der Waals surface area (Å²) in [6.07, 6.45) is 3.52. The lowest BCUT2D eigenvalue weighted by atomic mass is 10.1. The maximum absolute atomic E-state index is 11.0. The van der Waals surface area contributed by atoms with Gasteiger partial charge in [-0.05, 0) is 19.3 Å². The third-order valence-corrected chi connectivity index (χ3v) is 2.42. The SMILES string of the molecule is O=c1cc(N2CCCCC2)c1=O. The summed E-state index contributed by atoms with van der Waals surface area (Å²) in [5.41, 5.74) is 0.00664. The first-order valence-electron chi connectivity index (χ1n) is 4.34. The minimum atomic E-state index is -0.337. The van der Waals surface area contributed by atoms with E-state index in [1.165, 1.54) is 12.5 Å². The third-order valence-electron chi connectivity index (χ3n) is 2.42. The van der Waals surface area contributed by atoms with Crippen molar-refractivity contribution in [2.24, 2.45) is 0 Å². The second-order valence-corrected chi connectivity index (χ2v) is 3.27. The molecule has 0 unspecified atom stereocenters. The molecule has 3 heteroatoms. The fourth-order valence-electron chi connectivity index (χ4n) is 1.67. The summed E-state index contributed by atoms with van der Waals surface area (Å²) in [4.78, 5) is 23.7. The normalized spacial score (nSPS) is 18.5. The molecule has 1 heterocycles. The summed E-state index contributed by atoms with van der Waals surface area (Å²) in [5, 5.41) is 0. The monoisotopic (exact) mass is 165 g/mol. The number of nitrogens with zero attached hydrogens (tertiary/aromatic N) is 1. The van der Waals surface area contributed by atoms with E-state index in [0.717, 1.165) is 25.9 Å². The minimum absolute atomic E-state index is 0.295. The first-order chi connectivity index (χ1) is 5.79. The van der Waals surface area contributed by atoms with Crippen molar-refractivity contribution < 1.29 is 0 Å². The van der Waals surface area contributed by atoms with E-state index in [1.807, 2.05) is 4.90 Å². The zero-order valence-electron chi connectivity index (χ0n) is 6.88. The molecule has 0 N–H and O–H groups in total. The van der Waals surface area contributed by atoms with Gasteiger partial charge in [0.15, 0.2) is 0 Å². The fraction of sp³-hybridized carbons (Fsp3) is 0.556. The molecule has 2 rings (SSSR count). The van der Waals surface area contributed by atoms with Crippen molar-refractivity contribution in [3.05, 3.63) is 26.5 Å². The van der Waals surface area contributed by atoms with E-state index in [2.05, 4.69) is 0 Å². The number of rotatable bonds is 1. The summed E-state index contributed by atoms with van der Waals surface area (Å²) in [6.45, 7) is 1.87. The second kappa shape index (κ2) is 2.73. The number of hydrogen-bond acceptors (Lipinski definition) is 3. The molecular weight excluding hydrogens is 154 g/mol. The summed E-state index contributed by atoms with van der Waals surface area (Å²) < 4.78 is 0. The van der Waals surface area contributed by atoms with Crippen LogP contribution in [0.1, 0.15) is 19.3 Å². The molecule has 1 fully saturated rings. The Morgan fingerprint density at radius 3 is 2.25 bits per heavy atom. The van der Waals surface area contributed by atoms with Crippen molar-refractivity contribution in [2.45, 2.75) is 19.3 Å². The molecule has 1 aliphatic heterocycles. The highest BCUT2D eigenvalue weighted by molar-refractivity contribution is 5.50. The highest BCUT2D eigenvalue weighted by atomic mass is 16.2. The van der Waals surface area contributed by atoms with Gasteiger partial charge in [0.05, 0.1) is 5.69 Å². The Labute approximate surface area is 70.3 Å². The highest BCUT2D eigenvalue weighted by Gasteiger charge is 2.18. The Kier molecular flexibility index (Phi) is 1.71. The van der Waals surface area contributed by atoms with Gasteiger partial charge >= 0.3 is 0 Å². The molecule has 0 spiro atoms. The van der Waals surface area contributed by atoms with Crippen molar-refractivity contribution in [1.29, 1.82) is 0 Å². The molecule has 12 heavy (non-hydrogen) atoms. The summed E-state index contributed by atoms with van der Waals surface area (Å²) in [5.74, 6) is 0. The first kappa shape index (κ1) is 7.53. The van der Waals surface area contributed by atoms with Crippen molar-refractivity contribution in [3.8, 4) is 0 Å². The van der Waals surface area contributed by atoms with Gasteiger partial charge in [-0.25, -0.2) is 0 Å². The molecule has 0 saturated carbocycles. The smallest absolute Gasteiger partial charge is 0.249 e. The Morgan fingerprint density at radius 1 is 1.08 bits per heavy atom. The topological polar surface area (TPSA) is 37.4 Å². The van der Waals surface area contributed by atoms with E-state index in [1.54, 1.807) is 0 Å². The van der Waals surface area contributed by atoms with Crippen molar-refractivity contribution >= 4 is 5.69 Å². The van der Waals surface area contributed by atoms with Crippen LogP contribution in [0.25, 0.3) is 0 Å². The average molecular weight is 165 g/mol. The number of piperidine rings is 1. The highest BCUT2D eigenvalue weighted by Crippen LogP contribution is 2.14. The van der Waals surface area contributed by atoms with Crippen LogP contribution >= 0.6 is 0 Å². The van der Waals surface area contributed by atoms with Crippen LogP contribution in [0.4, 0.5) is 5.69 Å². The zero-order chi connectivity index (χ0) is 8.55. The van der Waals surface area contributed by atoms with Crippen molar-refractivity contribution in [3.63, 3.8) is 0 Å². The fourth-order valence-corrected chi connectivity index (χ4v) is 1.67. The van der Waals surface area contributed by atoms with Gasteiger partial charge in [0.1, 0.15) is 0 Å². The molecule has 1 aromatic rings. The van der Waals surface area contributed by atoms with E-state index < -0.39 is 0 Å². The molecule has 64 valence electrons. The molecule has 0 aliphatic carbocycles. The molecule has 0 atom stereocenters. The van der Waals surface area contributed by atoms with Crippen LogP contribution in [0.15, 0.2) is 15.7 Å². The molecule has 0 amide bonds. The largest absolute Gasteiger partial charge is 0.368 e. The van der Waals surface area contributed by atoms with Gasteiger partial charge in [-0.1, -0.05) is 0 Å². The van der Waals surface area contributed by atoms with Gasteiger partial charge in [-0.3, -0.25) is 9.59 Å². The van der Waals surface area contributed by atoms with E-state index >= 15 is 0 Å². The number of anilines is 1. The Bertz CT molecular complexity index is 343. The van der Waals surface area contributed by atoms with E-state index in [0.29, 0.717) is 5.69 Å². The first-order valence-corrected chi connectivity index (χ1v) is 4.34. The molecule has 1 aliphatic rings. The average Bonchev–Trinajstić information content (AvgIpc) is 2.15. The standard InChI is InChI=1S/C9H11NO2/c11-8-6-7(9(8)12)10-4-2-1-3-5-10/h6H,1-5H2. The maximum Gasteiger partial charge on any atom is 0.249 e. The van der Waals surface area contributed by atoms with Crippen LogP contribution in [0.2, 0.25) is 0 Å². The summed E-state index contributed by atoms with van der Waals surface area (Å²) in [6, 6.07) is 1.45. The Balaban J connectivity index is 2.16. The van der Waals surface area contributed by atoms with Crippen molar-refractivity contribution in [2.75, 3.05) is 18.0 Å². The van der Waals surface area contributed by atoms with Gasteiger partial charge < -0.3 is 4.90 Å². The van der Waals surface area contributed by atoms with Gasteiger partial charge in [0.25, 0.3) is 0 Å². The number of hydrogen-bond donors (Lipinski definition) is 0. The molecule has 1 aromatic carbocycles. The molecule has 3 nitrogen and oxygen atoms in total. The molecular formula is C9H11NO2. The van der Waals surface area contributed by atoms with E-state index in [4.69, 9.17) is 0 Å². The summed E-state index contributed by atoms with van der Waals surface area (Å²) >= 11 is 0. The lowest BCUT2D eigenvalue weighted by molar-refractivity contribution is 0.575. The van der Waals surface area contributed by atoms with Crippen LogP contribution in [0, 0.1) is 0 Å². The Morgan fingerprint density at radius 2 is 1.75 bits per heavy atom.